The topological polar surface area (TPSA) is 57.9 Å². The summed E-state index contributed by atoms with van der Waals surface area (Å²) in [5.41, 5.74) is 2.25. The van der Waals surface area contributed by atoms with Crippen LogP contribution in [0, 0.1) is 5.92 Å². The number of anilines is 1. The minimum Gasteiger partial charge on any atom is -0.339 e. The van der Waals surface area contributed by atoms with Gasteiger partial charge in [0.1, 0.15) is 11.5 Å². The van der Waals surface area contributed by atoms with Crippen molar-refractivity contribution in [3.05, 3.63) is 29.6 Å². The van der Waals surface area contributed by atoms with E-state index >= 15 is 0 Å². The van der Waals surface area contributed by atoms with Crippen LogP contribution in [0.25, 0.3) is 5.65 Å². The molecule has 0 unspecified atom stereocenters. The molecule has 1 fully saturated rings. The fourth-order valence-corrected chi connectivity index (χ4v) is 3.97. The van der Waals surface area contributed by atoms with Crippen LogP contribution in [0.3, 0.4) is 0 Å². The number of imidazole rings is 1. The molecule has 6 nitrogen and oxygen atoms in total. The Labute approximate surface area is 167 Å². The van der Waals surface area contributed by atoms with Crippen LogP contribution in [0.2, 0.25) is 0 Å². The minimum absolute atomic E-state index is 0.0316. The first-order valence-electron chi connectivity index (χ1n) is 10.4. The summed E-state index contributed by atoms with van der Waals surface area (Å²) in [5.74, 6) is 1.00. The normalized spacial score (nSPS) is 15.2. The number of hydrogen-bond donors (Lipinski definition) is 0. The molecule has 3 rings (SSSR count). The second kappa shape index (κ2) is 8.33. The Kier molecular flexibility index (Phi) is 6.06. The monoisotopic (exact) mass is 384 g/mol. The molecule has 0 aromatic carbocycles. The van der Waals surface area contributed by atoms with Crippen LogP contribution in [0.5, 0.6) is 0 Å². The Bertz CT molecular complexity index is 865. The molecular formula is C22H32N4O2. The lowest BCUT2D eigenvalue weighted by atomic mass is 9.88. The molecule has 0 atom stereocenters. The number of carbonyl (C=O) groups is 2. The summed E-state index contributed by atoms with van der Waals surface area (Å²) >= 11 is 0. The van der Waals surface area contributed by atoms with Crippen LogP contribution in [-0.4, -0.2) is 46.2 Å². The summed E-state index contributed by atoms with van der Waals surface area (Å²) in [6.45, 7) is 6.03. The van der Waals surface area contributed by atoms with Gasteiger partial charge >= 0.3 is 0 Å². The summed E-state index contributed by atoms with van der Waals surface area (Å²) in [5, 5.41) is 0. The fourth-order valence-electron chi connectivity index (χ4n) is 3.97. The molecule has 1 aliphatic carbocycles. The van der Waals surface area contributed by atoms with E-state index in [2.05, 4.69) is 0 Å². The van der Waals surface area contributed by atoms with E-state index in [1.807, 2.05) is 57.6 Å². The zero-order valence-electron chi connectivity index (χ0n) is 17.7. The quantitative estimate of drug-likeness (QED) is 0.785. The maximum absolute atomic E-state index is 13.1. The Morgan fingerprint density at radius 1 is 1.18 bits per heavy atom. The molecule has 28 heavy (non-hydrogen) atoms. The average molecular weight is 385 g/mol. The van der Waals surface area contributed by atoms with Gasteiger partial charge in [-0.15, -0.1) is 0 Å². The molecule has 2 amide bonds. The standard InChI is InChI=1S/C22H32N4O2/c1-6-18-20(25(5)21(27)16-10-8-7-9-11-16)26-14-17(12-13-19(26)23-18)22(28)24(4)15(2)3/h12-16H,6-11H2,1-5H3. The van der Waals surface area contributed by atoms with Gasteiger partial charge in [0.05, 0.1) is 11.3 Å². The number of fused-ring (bicyclic) bond motifs is 1. The van der Waals surface area contributed by atoms with E-state index in [0.717, 1.165) is 49.3 Å². The second-order valence-electron chi connectivity index (χ2n) is 8.12. The van der Waals surface area contributed by atoms with Crippen molar-refractivity contribution in [2.24, 2.45) is 5.92 Å². The van der Waals surface area contributed by atoms with Gasteiger partial charge in [0.2, 0.25) is 5.91 Å². The minimum atomic E-state index is -0.0316. The number of rotatable bonds is 5. The molecule has 0 bridgehead atoms. The van der Waals surface area contributed by atoms with E-state index in [1.54, 1.807) is 9.80 Å². The number of aromatic nitrogens is 2. The summed E-state index contributed by atoms with van der Waals surface area (Å²) in [6, 6.07) is 3.80. The second-order valence-corrected chi connectivity index (χ2v) is 8.12. The van der Waals surface area contributed by atoms with Crippen LogP contribution in [0.4, 0.5) is 5.82 Å². The van der Waals surface area contributed by atoms with Crippen molar-refractivity contribution in [3.63, 3.8) is 0 Å². The summed E-state index contributed by atoms with van der Waals surface area (Å²) in [4.78, 5) is 34.1. The molecule has 152 valence electrons. The van der Waals surface area contributed by atoms with Gasteiger partial charge in [-0.2, -0.15) is 0 Å². The average Bonchev–Trinajstić information content (AvgIpc) is 3.09. The van der Waals surface area contributed by atoms with E-state index in [0.29, 0.717) is 5.56 Å². The van der Waals surface area contributed by atoms with Crippen LogP contribution in [0.1, 0.15) is 68.9 Å². The maximum Gasteiger partial charge on any atom is 0.255 e. The number of aryl methyl sites for hydroxylation is 1. The van der Waals surface area contributed by atoms with Crippen molar-refractivity contribution in [1.82, 2.24) is 14.3 Å². The molecule has 0 saturated heterocycles. The third-order valence-corrected chi connectivity index (χ3v) is 5.94. The molecule has 6 heteroatoms. The van der Waals surface area contributed by atoms with Crippen LogP contribution < -0.4 is 4.90 Å². The van der Waals surface area contributed by atoms with Gasteiger partial charge in [0.25, 0.3) is 5.91 Å². The van der Waals surface area contributed by atoms with Gasteiger partial charge in [-0.25, -0.2) is 4.98 Å². The Balaban J connectivity index is 2.01. The lowest BCUT2D eigenvalue weighted by molar-refractivity contribution is -0.123. The molecule has 0 N–H and O–H groups in total. The summed E-state index contributed by atoms with van der Waals surface area (Å²) in [6.07, 6.45) is 7.94. The van der Waals surface area contributed by atoms with Crippen molar-refractivity contribution in [2.75, 3.05) is 19.0 Å². The number of amides is 2. The smallest absolute Gasteiger partial charge is 0.255 e. The molecule has 2 heterocycles. The van der Waals surface area contributed by atoms with E-state index in [9.17, 15) is 9.59 Å². The van der Waals surface area contributed by atoms with Gasteiger partial charge in [0.15, 0.2) is 0 Å². The van der Waals surface area contributed by atoms with Crippen molar-refractivity contribution in [2.45, 2.75) is 65.3 Å². The molecule has 2 aromatic heterocycles. The molecule has 1 aliphatic rings. The lowest BCUT2D eigenvalue weighted by Gasteiger charge is -2.27. The van der Waals surface area contributed by atoms with Gasteiger partial charge in [0, 0.05) is 32.3 Å². The highest BCUT2D eigenvalue weighted by Gasteiger charge is 2.28. The Hall–Kier alpha value is -2.37. The van der Waals surface area contributed by atoms with Crippen LogP contribution in [0.15, 0.2) is 18.3 Å². The third kappa shape index (κ3) is 3.77. The van der Waals surface area contributed by atoms with E-state index < -0.39 is 0 Å². The number of nitrogens with zero attached hydrogens (tertiary/aromatic N) is 4. The number of pyridine rings is 1. The maximum atomic E-state index is 13.1. The SMILES string of the molecule is CCc1nc2ccc(C(=O)N(C)C(C)C)cn2c1N(C)C(=O)C1CCCCC1. The van der Waals surface area contributed by atoms with Crippen molar-refractivity contribution in [3.8, 4) is 0 Å². The van der Waals surface area contributed by atoms with Gasteiger partial charge in [-0.1, -0.05) is 26.2 Å². The predicted molar refractivity (Wildman–Crippen MR) is 112 cm³/mol. The first-order chi connectivity index (χ1) is 13.3. The highest BCUT2D eigenvalue weighted by atomic mass is 16.2. The zero-order valence-corrected chi connectivity index (χ0v) is 17.7. The molecule has 2 aromatic rings. The van der Waals surface area contributed by atoms with Gasteiger partial charge < -0.3 is 4.90 Å². The molecule has 0 spiro atoms. The van der Waals surface area contributed by atoms with Gasteiger partial charge in [-0.05, 0) is 45.2 Å². The molecular weight excluding hydrogens is 352 g/mol. The van der Waals surface area contributed by atoms with Crippen molar-refractivity contribution < 1.29 is 9.59 Å². The van der Waals surface area contributed by atoms with E-state index in [-0.39, 0.29) is 23.8 Å². The van der Waals surface area contributed by atoms with Gasteiger partial charge in [-0.3, -0.25) is 18.9 Å². The molecule has 0 radical (unpaired) electrons. The summed E-state index contributed by atoms with van der Waals surface area (Å²) in [7, 11) is 3.65. The lowest BCUT2D eigenvalue weighted by Crippen LogP contribution is -2.35. The zero-order chi connectivity index (χ0) is 20.4. The van der Waals surface area contributed by atoms with Crippen molar-refractivity contribution >= 4 is 23.3 Å². The summed E-state index contributed by atoms with van der Waals surface area (Å²) < 4.78 is 1.90. The molecule has 0 aliphatic heterocycles. The Morgan fingerprint density at radius 2 is 1.86 bits per heavy atom. The Morgan fingerprint density at radius 3 is 2.46 bits per heavy atom. The van der Waals surface area contributed by atoms with E-state index in [1.165, 1.54) is 6.42 Å². The first kappa shape index (κ1) is 20.4. The number of carbonyl (C=O) groups excluding carboxylic acids is 2. The fraction of sp³-hybridized carbons (Fsp3) is 0.591. The van der Waals surface area contributed by atoms with Crippen molar-refractivity contribution in [1.29, 1.82) is 0 Å². The largest absolute Gasteiger partial charge is 0.339 e. The third-order valence-electron chi connectivity index (χ3n) is 5.94. The first-order valence-corrected chi connectivity index (χ1v) is 10.4. The number of hydrogen-bond acceptors (Lipinski definition) is 3. The highest BCUT2D eigenvalue weighted by Crippen LogP contribution is 2.29. The molecule has 1 saturated carbocycles. The van der Waals surface area contributed by atoms with Crippen LogP contribution in [-0.2, 0) is 11.2 Å². The van der Waals surface area contributed by atoms with Crippen LogP contribution >= 0.6 is 0 Å². The van der Waals surface area contributed by atoms with E-state index in [4.69, 9.17) is 4.98 Å². The predicted octanol–water partition coefficient (Wildman–Crippen LogP) is 3.92. The highest BCUT2D eigenvalue weighted by molar-refractivity contribution is 5.96.